The number of H-pyrrole nitrogens is 1. The minimum Gasteiger partial charge on any atom is -0.467 e. The van der Waals surface area contributed by atoms with E-state index in [0.29, 0.717) is 12.2 Å². The number of benzene rings is 1. The quantitative estimate of drug-likeness (QED) is 0.781. The van der Waals surface area contributed by atoms with Crippen molar-refractivity contribution in [3.05, 3.63) is 60.2 Å². The van der Waals surface area contributed by atoms with Gasteiger partial charge < -0.3 is 14.3 Å². The molecule has 1 N–H and O–H groups in total. The fourth-order valence-electron chi connectivity index (χ4n) is 2.10. The molecule has 0 bridgehead atoms. The predicted octanol–water partition coefficient (Wildman–Crippen LogP) is 3.03. The number of fused-ring (bicyclic) bond motifs is 1. The number of hydrogen-bond acceptors (Lipinski definition) is 2. The van der Waals surface area contributed by atoms with Crippen molar-refractivity contribution in [2.75, 3.05) is 7.05 Å². The predicted molar refractivity (Wildman–Crippen MR) is 72.8 cm³/mol. The molecule has 0 aliphatic carbocycles. The molecule has 0 saturated carbocycles. The van der Waals surface area contributed by atoms with Gasteiger partial charge in [0.15, 0.2) is 0 Å². The van der Waals surface area contributed by atoms with Crippen LogP contribution >= 0.6 is 0 Å². The second kappa shape index (κ2) is 4.65. The molecule has 1 amide bonds. The Labute approximate surface area is 110 Å². The molecule has 0 fully saturated rings. The minimum absolute atomic E-state index is 0.0485. The summed E-state index contributed by atoms with van der Waals surface area (Å²) >= 11 is 0. The highest BCUT2D eigenvalue weighted by atomic mass is 16.3. The zero-order chi connectivity index (χ0) is 13.2. The zero-order valence-electron chi connectivity index (χ0n) is 10.6. The van der Waals surface area contributed by atoms with Crippen LogP contribution in [0.2, 0.25) is 0 Å². The Morgan fingerprint density at radius 1 is 1.26 bits per heavy atom. The van der Waals surface area contributed by atoms with Gasteiger partial charge >= 0.3 is 0 Å². The molecule has 1 aromatic carbocycles. The summed E-state index contributed by atoms with van der Waals surface area (Å²) < 4.78 is 5.25. The van der Waals surface area contributed by atoms with Gasteiger partial charge in [-0.25, -0.2) is 0 Å². The normalized spacial score (nSPS) is 10.8. The van der Waals surface area contributed by atoms with Crippen molar-refractivity contribution in [3.8, 4) is 0 Å². The Morgan fingerprint density at radius 2 is 2.11 bits per heavy atom. The number of carbonyl (C=O) groups is 1. The van der Waals surface area contributed by atoms with Gasteiger partial charge in [0.2, 0.25) is 0 Å². The molecule has 0 unspecified atom stereocenters. The first-order valence-corrected chi connectivity index (χ1v) is 6.09. The molecular weight excluding hydrogens is 240 g/mol. The summed E-state index contributed by atoms with van der Waals surface area (Å²) in [6.07, 6.45) is 1.61. The number of carbonyl (C=O) groups excluding carboxylic acids is 1. The molecule has 19 heavy (non-hydrogen) atoms. The average Bonchev–Trinajstić information content (AvgIpc) is 3.05. The van der Waals surface area contributed by atoms with E-state index in [-0.39, 0.29) is 5.91 Å². The van der Waals surface area contributed by atoms with E-state index in [0.717, 1.165) is 16.7 Å². The smallest absolute Gasteiger partial charge is 0.270 e. The van der Waals surface area contributed by atoms with E-state index >= 15 is 0 Å². The Bertz CT molecular complexity index is 665. The van der Waals surface area contributed by atoms with Gasteiger partial charge in [-0.1, -0.05) is 18.2 Å². The fraction of sp³-hybridized carbons (Fsp3) is 0.133. The summed E-state index contributed by atoms with van der Waals surface area (Å²) in [4.78, 5) is 17.1. The van der Waals surface area contributed by atoms with Crippen molar-refractivity contribution < 1.29 is 9.21 Å². The molecule has 0 saturated heterocycles. The van der Waals surface area contributed by atoms with Crippen LogP contribution in [0.15, 0.2) is 53.1 Å². The minimum atomic E-state index is -0.0485. The maximum absolute atomic E-state index is 12.3. The van der Waals surface area contributed by atoms with Crippen LogP contribution in [-0.4, -0.2) is 22.8 Å². The summed E-state index contributed by atoms with van der Waals surface area (Å²) in [5.41, 5.74) is 1.56. The van der Waals surface area contributed by atoms with Crippen molar-refractivity contribution in [1.29, 1.82) is 0 Å². The summed E-state index contributed by atoms with van der Waals surface area (Å²) in [5, 5.41) is 1.04. The molecular formula is C15H14N2O2. The Morgan fingerprint density at radius 3 is 2.84 bits per heavy atom. The molecule has 2 heterocycles. The van der Waals surface area contributed by atoms with E-state index in [1.165, 1.54) is 0 Å². The van der Waals surface area contributed by atoms with Gasteiger partial charge in [-0.3, -0.25) is 4.79 Å². The van der Waals surface area contributed by atoms with Crippen LogP contribution in [0.3, 0.4) is 0 Å². The van der Waals surface area contributed by atoms with Gasteiger partial charge in [0.05, 0.1) is 12.8 Å². The second-order valence-electron chi connectivity index (χ2n) is 4.51. The number of amides is 1. The number of para-hydroxylation sites is 1. The molecule has 0 aliphatic rings. The summed E-state index contributed by atoms with van der Waals surface area (Å²) in [7, 11) is 1.76. The third kappa shape index (κ3) is 2.25. The van der Waals surface area contributed by atoms with Crippen LogP contribution in [-0.2, 0) is 6.54 Å². The standard InChI is InChI=1S/C15H14N2O2/c1-17(10-12-6-4-8-19-12)15(18)14-9-11-5-2-3-7-13(11)16-14/h2-9,16H,10H2,1H3. The zero-order valence-corrected chi connectivity index (χ0v) is 10.6. The maximum atomic E-state index is 12.3. The number of furan rings is 1. The van der Waals surface area contributed by atoms with Crippen LogP contribution in [0.5, 0.6) is 0 Å². The first-order valence-electron chi connectivity index (χ1n) is 6.09. The molecule has 96 valence electrons. The molecule has 0 radical (unpaired) electrons. The van der Waals surface area contributed by atoms with Crippen molar-refractivity contribution in [2.45, 2.75) is 6.54 Å². The lowest BCUT2D eigenvalue weighted by molar-refractivity contribution is 0.0770. The van der Waals surface area contributed by atoms with Crippen LogP contribution in [0.25, 0.3) is 10.9 Å². The average molecular weight is 254 g/mol. The van der Waals surface area contributed by atoms with Gasteiger partial charge in [0, 0.05) is 18.0 Å². The first kappa shape index (κ1) is 11.6. The molecule has 4 nitrogen and oxygen atoms in total. The molecule has 0 aliphatic heterocycles. The SMILES string of the molecule is CN(Cc1ccco1)C(=O)c1cc2ccccc2[nH]1. The third-order valence-corrected chi connectivity index (χ3v) is 3.08. The lowest BCUT2D eigenvalue weighted by Gasteiger charge is -2.14. The van der Waals surface area contributed by atoms with Gasteiger partial charge in [0.25, 0.3) is 5.91 Å². The molecule has 3 aromatic rings. The largest absolute Gasteiger partial charge is 0.467 e. The molecule has 2 aromatic heterocycles. The Balaban J connectivity index is 1.82. The molecule has 3 rings (SSSR count). The number of aromatic nitrogens is 1. The fourth-order valence-corrected chi connectivity index (χ4v) is 2.10. The molecule has 4 heteroatoms. The van der Waals surface area contributed by atoms with Crippen molar-refractivity contribution in [1.82, 2.24) is 9.88 Å². The van der Waals surface area contributed by atoms with Crippen molar-refractivity contribution in [3.63, 3.8) is 0 Å². The van der Waals surface area contributed by atoms with E-state index in [1.807, 2.05) is 42.5 Å². The first-order chi connectivity index (χ1) is 9.24. The highest BCUT2D eigenvalue weighted by Gasteiger charge is 2.15. The lowest BCUT2D eigenvalue weighted by atomic mass is 10.2. The van der Waals surface area contributed by atoms with Crippen LogP contribution in [0, 0.1) is 0 Å². The molecule has 0 atom stereocenters. The topological polar surface area (TPSA) is 49.2 Å². The number of nitrogens with zero attached hydrogens (tertiary/aromatic N) is 1. The van der Waals surface area contributed by atoms with E-state index in [2.05, 4.69) is 4.98 Å². The lowest BCUT2D eigenvalue weighted by Crippen LogP contribution is -2.26. The number of hydrogen-bond donors (Lipinski definition) is 1. The Hall–Kier alpha value is -2.49. The van der Waals surface area contributed by atoms with Crippen molar-refractivity contribution >= 4 is 16.8 Å². The van der Waals surface area contributed by atoms with Gasteiger partial charge in [-0.15, -0.1) is 0 Å². The van der Waals surface area contributed by atoms with E-state index in [4.69, 9.17) is 4.42 Å². The van der Waals surface area contributed by atoms with Crippen LogP contribution in [0.1, 0.15) is 16.2 Å². The third-order valence-electron chi connectivity index (χ3n) is 3.08. The Kier molecular flexibility index (Phi) is 2.83. The summed E-state index contributed by atoms with van der Waals surface area (Å²) in [6.45, 7) is 0.460. The monoisotopic (exact) mass is 254 g/mol. The van der Waals surface area contributed by atoms with Crippen LogP contribution < -0.4 is 0 Å². The van der Waals surface area contributed by atoms with Crippen molar-refractivity contribution in [2.24, 2.45) is 0 Å². The second-order valence-corrected chi connectivity index (χ2v) is 4.51. The van der Waals surface area contributed by atoms with E-state index in [9.17, 15) is 4.79 Å². The number of aromatic amines is 1. The van der Waals surface area contributed by atoms with E-state index < -0.39 is 0 Å². The number of nitrogens with one attached hydrogen (secondary N) is 1. The molecule has 0 spiro atoms. The van der Waals surface area contributed by atoms with E-state index in [1.54, 1.807) is 18.2 Å². The number of rotatable bonds is 3. The summed E-state index contributed by atoms with van der Waals surface area (Å²) in [6, 6.07) is 13.4. The highest BCUT2D eigenvalue weighted by molar-refractivity contribution is 5.97. The van der Waals surface area contributed by atoms with Gasteiger partial charge in [-0.2, -0.15) is 0 Å². The maximum Gasteiger partial charge on any atom is 0.270 e. The van der Waals surface area contributed by atoms with Gasteiger partial charge in [0.1, 0.15) is 11.5 Å². The summed E-state index contributed by atoms with van der Waals surface area (Å²) in [5.74, 6) is 0.722. The van der Waals surface area contributed by atoms with Crippen LogP contribution in [0.4, 0.5) is 0 Å². The highest BCUT2D eigenvalue weighted by Crippen LogP contribution is 2.16. The van der Waals surface area contributed by atoms with Gasteiger partial charge in [-0.05, 0) is 24.3 Å².